The quantitative estimate of drug-likeness (QED) is 0.305. The lowest BCUT2D eigenvalue weighted by atomic mass is 10.2. The molecule has 0 aromatic heterocycles. The van der Waals surface area contributed by atoms with E-state index in [1.165, 1.54) is 26.2 Å². The molecule has 1 N–H and O–H groups in total. The van der Waals surface area contributed by atoms with E-state index >= 15 is 0 Å². The molecule has 2 aromatic rings. The van der Waals surface area contributed by atoms with Gasteiger partial charge in [0.2, 0.25) is 5.91 Å². The second-order valence-corrected chi connectivity index (χ2v) is 6.57. The fourth-order valence-electron chi connectivity index (χ4n) is 2.52. The van der Waals surface area contributed by atoms with Gasteiger partial charge in [-0.25, -0.2) is 5.43 Å². The highest BCUT2D eigenvalue weighted by molar-refractivity contribution is 5.81. The van der Waals surface area contributed by atoms with Crippen LogP contribution in [0.3, 0.4) is 0 Å². The predicted octanol–water partition coefficient (Wildman–Crippen LogP) is 4.57. The second kappa shape index (κ2) is 13.2. The highest BCUT2D eigenvalue weighted by atomic mass is 16.5. The van der Waals surface area contributed by atoms with Crippen molar-refractivity contribution in [2.75, 3.05) is 19.8 Å². The van der Waals surface area contributed by atoms with Crippen LogP contribution in [-0.4, -0.2) is 31.9 Å². The van der Waals surface area contributed by atoms with Gasteiger partial charge in [0.25, 0.3) is 0 Å². The van der Waals surface area contributed by atoms with Crippen molar-refractivity contribution in [2.24, 2.45) is 5.10 Å². The summed E-state index contributed by atoms with van der Waals surface area (Å²) in [5.74, 6) is 2.20. The van der Waals surface area contributed by atoms with Gasteiger partial charge in [-0.3, -0.25) is 4.79 Å². The zero-order chi connectivity index (χ0) is 20.7. The molecule has 1 amide bonds. The van der Waals surface area contributed by atoms with Crippen molar-refractivity contribution in [3.8, 4) is 17.2 Å². The number of nitrogens with one attached hydrogen (secondary N) is 1. The summed E-state index contributed by atoms with van der Waals surface area (Å²) in [6.07, 6.45) is 6.37. The van der Waals surface area contributed by atoms with Gasteiger partial charge >= 0.3 is 0 Å². The van der Waals surface area contributed by atoms with Gasteiger partial charge in [0.15, 0.2) is 0 Å². The fraction of sp³-hybridized carbons (Fsp3) is 0.391. The first-order valence-corrected chi connectivity index (χ1v) is 10.1. The Labute approximate surface area is 172 Å². The van der Waals surface area contributed by atoms with E-state index in [1.807, 2.05) is 48.5 Å². The minimum atomic E-state index is -0.203. The van der Waals surface area contributed by atoms with Crippen LogP contribution in [-0.2, 0) is 4.79 Å². The number of carbonyl (C=O) groups excluding carboxylic acids is 1. The summed E-state index contributed by atoms with van der Waals surface area (Å²) < 4.78 is 17.1. The van der Waals surface area contributed by atoms with Crippen molar-refractivity contribution in [3.05, 3.63) is 54.1 Å². The van der Waals surface area contributed by atoms with Crippen molar-refractivity contribution < 1.29 is 19.0 Å². The number of hydrogen-bond donors (Lipinski definition) is 1. The predicted molar refractivity (Wildman–Crippen MR) is 115 cm³/mol. The smallest absolute Gasteiger partial charge is 0.236 e. The lowest BCUT2D eigenvalue weighted by Gasteiger charge is -2.10. The highest BCUT2D eigenvalue weighted by Gasteiger charge is 1.99. The summed E-state index contributed by atoms with van der Waals surface area (Å²) in [7, 11) is 0. The first kappa shape index (κ1) is 22.3. The van der Waals surface area contributed by atoms with Gasteiger partial charge < -0.3 is 14.2 Å². The lowest BCUT2D eigenvalue weighted by Crippen LogP contribution is -2.12. The van der Waals surface area contributed by atoms with Gasteiger partial charge in [-0.05, 0) is 60.5 Å². The summed E-state index contributed by atoms with van der Waals surface area (Å²) in [6.45, 7) is 5.26. The van der Waals surface area contributed by atoms with Crippen molar-refractivity contribution >= 4 is 12.1 Å². The van der Waals surface area contributed by atoms with Crippen molar-refractivity contribution in [1.29, 1.82) is 0 Å². The van der Waals surface area contributed by atoms with Gasteiger partial charge in [0, 0.05) is 6.92 Å². The SMILES string of the molecule is CCCCCCOc1ccc(OCCOc2ccc(/C=N\NC(C)=O)cc2)cc1. The monoisotopic (exact) mass is 398 g/mol. The third-order valence-electron chi connectivity index (χ3n) is 4.03. The molecule has 0 saturated heterocycles. The second-order valence-electron chi connectivity index (χ2n) is 6.57. The molecule has 0 bridgehead atoms. The number of hydrogen-bond acceptors (Lipinski definition) is 5. The van der Waals surface area contributed by atoms with Crippen LogP contribution in [0.15, 0.2) is 53.6 Å². The van der Waals surface area contributed by atoms with Gasteiger partial charge in [-0.2, -0.15) is 5.10 Å². The van der Waals surface area contributed by atoms with Crippen LogP contribution in [0.5, 0.6) is 17.2 Å². The molecule has 0 aliphatic heterocycles. The topological polar surface area (TPSA) is 69.2 Å². The molecule has 0 aliphatic carbocycles. The molecule has 0 spiro atoms. The van der Waals surface area contributed by atoms with E-state index in [0.717, 1.165) is 35.8 Å². The molecule has 0 fully saturated rings. The van der Waals surface area contributed by atoms with Gasteiger partial charge in [-0.1, -0.05) is 26.2 Å². The summed E-state index contributed by atoms with van der Waals surface area (Å²) in [6, 6.07) is 15.1. The van der Waals surface area contributed by atoms with Crippen molar-refractivity contribution in [1.82, 2.24) is 5.43 Å². The molecular formula is C23H30N2O4. The largest absolute Gasteiger partial charge is 0.494 e. The average molecular weight is 399 g/mol. The molecule has 29 heavy (non-hydrogen) atoms. The maximum Gasteiger partial charge on any atom is 0.236 e. The van der Waals surface area contributed by atoms with Crippen LogP contribution in [0.25, 0.3) is 0 Å². The fourth-order valence-corrected chi connectivity index (χ4v) is 2.52. The molecule has 0 saturated carbocycles. The summed E-state index contributed by atoms with van der Waals surface area (Å²) in [4.78, 5) is 10.8. The number of amides is 1. The molecule has 0 aliphatic rings. The van der Waals surface area contributed by atoms with E-state index in [1.54, 1.807) is 6.21 Å². The van der Waals surface area contributed by atoms with E-state index in [2.05, 4.69) is 17.5 Å². The maximum absolute atomic E-state index is 10.8. The van der Waals surface area contributed by atoms with Crippen LogP contribution in [0.4, 0.5) is 0 Å². The van der Waals surface area contributed by atoms with E-state index in [4.69, 9.17) is 14.2 Å². The number of nitrogens with zero attached hydrogens (tertiary/aromatic N) is 1. The Morgan fingerprint density at radius 2 is 1.34 bits per heavy atom. The summed E-state index contributed by atoms with van der Waals surface area (Å²) in [5.41, 5.74) is 3.23. The van der Waals surface area contributed by atoms with Gasteiger partial charge in [-0.15, -0.1) is 0 Å². The van der Waals surface area contributed by atoms with Gasteiger partial charge in [0.05, 0.1) is 12.8 Å². The Bertz CT molecular complexity index is 742. The minimum Gasteiger partial charge on any atom is -0.494 e. The molecule has 0 heterocycles. The normalized spacial score (nSPS) is 10.7. The third kappa shape index (κ3) is 9.65. The van der Waals surface area contributed by atoms with Crippen LogP contribution < -0.4 is 19.6 Å². The Balaban J connectivity index is 1.63. The molecular weight excluding hydrogens is 368 g/mol. The number of carbonyl (C=O) groups is 1. The first-order chi connectivity index (χ1) is 14.2. The van der Waals surface area contributed by atoms with Gasteiger partial charge in [0.1, 0.15) is 30.5 Å². The summed E-state index contributed by atoms with van der Waals surface area (Å²) in [5, 5.41) is 3.82. The lowest BCUT2D eigenvalue weighted by molar-refractivity contribution is -0.118. The molecule has 2 aromatic carbocycles. The number of ether oxygens (including phenoxy) is 3. The number of hydrazone groups is 1. The van der Waals surface area contributed by atoms with E-state index < -0.39 is 0 Å². The Morgan fingerprint density at radius 1 is 0.828 bits per heavy atom. The van der Waals surface area contributed by atoms with Crippen LogP contribution in [0.2, 0.25) is 0 Å². The average Bonchev–Trinajstić information content (AvgIpc) is 2.73. The number of benzene rings is 2. The molecule has 0 atom stereocenters. The first-order valence-electron chi connectivity index (χ1n) is 10.1. The Morgan fingerprint density at radius 3 is 1.86 bits per heavy atom. The number of rotatable bonds is 13. The van der Waals surface area contributed by atoms with E-state index in [-0.39, 0.29) is 5.91 Å². The van der Waals surface area contributed by atoms with Crippen LogP contribution in [0.1, 0.15) is 45.1 Å². The van der Waals surface area contributed by atoms with E-state index in [9.17, 15) is 4.79 Å². The standard InChI is InChI=1S/C23H30N2O4/c1-3-4-5-6-15-27-22-11-13-23(14-12-22)29-17-16-28-21-9-7-20(8-10-21)18-24-25-19(2)26/h7-14,18H,3-6,15-17H2,1-2H3,(H,25,26)/b24-18-. The molecule has 2 rings (SSSR count). The summed E-state index contributed by atoms with van der Waals surface area (Å²) >= 11 is 0. The molecule has 6 nitrogen and oxygen atoms in total. The number of unbranched alkanes of at least 4 members (excludes halogenated alkanes) is 3. The van der Waals surface area contributed by atoms with Crippen LogP contribution in [0, 0.1) is 0 Å². The van der Waals surface area contributed by atoms with E-state index in [0.29, 0.717) is 13.2 Å². The highest BCUT2D eigenvalue weighted by Crippen LogP contribution is 2.18. The Kier molecular flexibility index (Phi) is 10.1. The molecule has 0 radical (unpaired) electrons. The zero-order valence-electron chi connectivity index (χ0n) is 17.2. The molecule has 0 unspecified atom stereocenters. The van der Waals surface area contributed by atoms with Crippen molar-refractivity contribution in [2.45, 2.75) is 39.5 Å². The zero-order valence-corrected chi connectivity index (χ0v) is 17.2. The Hall–Kier alpha value is -3.02. The third-order valence-corrected chi connectivity index (χ3v) is 4.03. The molecule has 6 heteroatoms. The van der Waals surface area contributed by atoms with Crippen LogP contribution >= 0.6 is 0 Å². The minimum absolute atomic E-state index is 0.203. The molecule has 156 valence electrons. The van der Waals surface area contributed by atoms with Crippen molar-refractivity contribution in [3.63, 3.8) is 0 Å². The maximum atomic E-state index is 10.8.